The predicted molar refractivity (Wildman–Crippen MR) is 128 cm³/mol. The molecule has 8 N–H and O–H groups in total. The van der Waals surface area contributed by atoms with Gasteiger partial charge in [-0.15, -0.1) is 0 Å². The zero-order valence-electron chi connectivity index (χ0n) is 18.4. The van der Waals surface area contributed by atoms with E-state index in [1.54, 1.807) is 36.4 Å². The molecule has 2 heterocycles. The molecule has 0 aliphatic carbocycles. The molecule has 0 saturated heterocycles. The predicted octanol–water partition coefficient (Wildman–Crippen LogP) is 2.34. The van der Waals surface area contributed by atoms with E-state index in [1.807, 2.05) is 0 Å². The third kappa shape index (κ3) is 9.95. The molecule has 12 heteroatoms. The van der Waals surface area contributed by atoms with E-state index in [4.69, 9.17) is 30.6 Å². The van der Waals surface area contributed by atoms with Crippen LogP contribution in [0.2, 0.25) is 0 Å². The lowest BCUT2D eigenvalue weighted by Crippen LogP contribution is -2.01. The Morgan fingerprint density at radius 1 is 0.500 bits per heavy atom. The van der Waals surface area contributed by atoms with Gasteiger partial charge in [0.25, 0.3) is 11.1 Å². The number of para-hydroxylation sites is 2. The van der Waals surface area contributed by atoms with Crippen molar-refractivity contribution in [3.63, 3.8) is 0 Å². The largest absolute Gasteiger partial charge is 0.507 e. The summed E-state index contributed by atoms with van der Waals surface area (Å²) in [7, 11) is 0. The van der Waals surface area contributed by atoms with Gasteiger partial charge in [-0.3, -0.25) is 9.59 Å². The van der Waals surface area contributed by atoms with Crippen LogP contribution in [0.5, 0.6) is 23.0 Å². The first-order valence-corrected chi connectivity index (χ1v) is 9.80. The molecule has 4 rings (SSSR count). The minimum absolute atomic E-state index is 0.0671. The number of nitrogens with one attached hydrogen (secondary N) is 2. The minimum atomic E-state index is -1.11. The van der Waals surface area contributed by atoms with E-state index in [9.17, 15) is 19.2 Å². The highest BCUT2D eigenvalue weighted by Gasteiger charge is 2.06. The van der Waals surface area contributed by atoms with Crippen LogP contribution in [-0.2, 0) is 0 Å². The highest BCUT2D eigenvalue weighted by molar-refractivity contribution is 5.91. The van der Waals surface area contributed by atoms with E-state index < -0.39 is 23.1 Å². The Morgan fingerprint density at radius 2 is 0.806 bits per heavy atom. The Kier molecular flexibility index (Phi) is 11.6. The second-order valence-corrected chi connectivity index (χ2v) is 6.41. The van der Waals surface area contributed by atoms with Crippen molar-refractivity contribution in [1.29, 1.82) is 0 Å². The fourth-order valence-electron chi connectivity index (χ4n) is 2.13. The molecule has 2 aromatic carbocycles. The molecule has 0 saturated carbocycles. The standard InChI is InChI=1S/2C7H6O3.2C5H5NO2/c2*8-6-4-2-1-3-5(6)7(9)10;2*7-4-2-1-3-6-5(4)8/h2*1-4,8H,(H,9,10);2*1-3,7H,(H,6,8). The van der Waals surface area contributed by atoms with Crippen LogP contribution in [0.4, 0.5) is 0 Å². The van der Waals surface area contributed by atoms with Crippen molar-refractivity contribution < 1.29 is 40.2 Å². The Bertz CT molecular complexity index is 1290. The van der Waals surface area contributed by atoms with Crippen LogP contribution >= 0.6 is 0 Å². The van der Waals surface area contributed by atoms with Gasteiger partial charge in [0.05, 0.1) is 0 Å². The lowest BCUT2D eigenvalue weighted by Gasteiger charge is -1.95. The van der Waals surface area contributed by atoms with Crippen molar-refractivity contribution in [1.82, 2.24) is 9.97 Å². The van der Waals surface area contributed by atoms with Gasteiger partial charge >= 0.3 is 11.9 Å². The molecule has 0 bridgehead atoms. The Balaban J connectivity index is 0.000000241. The number of phenols is 2. The molecule has 0 radical (unpaired) electrons. The quantitative estimate of drug-likeness (QED) is 0.201. The van der Waals surface area contributed by atoms with Crippen molar-refractivity contribution in [2.45, 2.75) is 0 Å². The van der Waals surface area contributed by atoms with Crippen LogP contribution in [0.1, 0.15) is 20.7 Å². The number of benzene rings is 2. The maximum Gasteiger partial charge on any atom is 0.339 e. The maximum absolute atomic E-state index is 10.3. The molecule has 36 heavy (non-hydrogen) atoms. The number of aromatic nitrogens is 2. The lowest BCUT2D eigenvalue weighted by molar-refractivity contribution is 0.0682. The van der Waals surface area contributed by atoms with Gasteiger partial charge in [-0.1, -0.05) is 24.3 Å². The van der Waals surface area contributed by atoms with Gasteiger partial charge in [-0.2, -0.15) is 0 Å². The number of carboxylic acids is 2. The molecule has 0 aliphatic heterocycles. The van der Waals surface area contributed by atoms with Gasteiger partial charge in [0.15, 0.2) is 11.5 Å². The number of hydrogen-bond acceptors (Lipinski definition) is 8. The first kappa shape index (κ1) is 28.5. The normalized spacial score (nSPS) is 9.11. The van der Waals surface area contributed by atoms with Crippen LogP contribution in [0, 0.1) is 0 Å². The molecule has 4 aromatic rings. The maximum atomic E-state index is 10.3. The summed E-state index contributed by atoms with van der Waals surface area (Å²) in [6.07, 6.45) is 2.92. The van der Waals surface area contributed by atoms with E-state index in [0.717, 1.165) is 0 Å². The van der Waals surface area contributed by atoms with Crippen molar-refractivity contribution in [2.24, 2.45) is 0 Å². The number of carboxylic acid groups (broad SMARTS) is 2. The summed E-state index contributed by atoms with van der Waals surface area (Å²) >= 11 is 0. The molecule has 0 atom stereocenters. The van der Waals surface area contributed by atoms with Crippen LogP contribution < -0.4 is 11.1 Å². The zero-order chi connectivity index (χ0) is 27.1. The summed E-state index contributed by atoms with van der Waals surface area (Å²) < 4.78 is 0. The number of aromatic carboxylic acids is 2. The summed E-state index contributed by atoms with van der Waals surface area (Å²) in [6.45, 7) is 0. The van der Waals surface area contributed by atoms with E-state index in [1.165, 1.54) is 48.8 Å². The lowest BCUT2D eigenvalue weighted by atomic mass is 10.2. The van der Waals surface area contributed by atoms with Gasteiger partial charge in [0.2, 0.25) is 0 Å². The number of pyridine rings is 2. The number of aromatic amines is 2. The number of aromatic hydroxyl groups is 4. The molecule has 0 spiro atoms. The third-order valence-electron chi connectivity index (χ3n) is 3.86. The van der Waals surface area contributed by atoms with Crippen molar-refractivity contribution >= 4 is 11.9 Å². The van der Waals surface area contributed by atoms with Crippen LogP contribution in [0.25, 0.3) is 0 Å². The van der Waals surface area contributed by atoms with Crippen molar-refractivity contribution in [2.75, 3.05) is 0 Å². The molecular weight excluding hydrogens is 476 g/mol. The average molecular weight is 498 g/mol. The molecule has 12 nitrogen and oxygen atoms in total. The first-order valence-electron chi connectivity index (χ1n) is 9.80. The third-order valence-corrected chi connectivity index (χ3v) is 3.86. The highest BCUT2D eigenvalue weighted by Crippen LogP contribution is 2.15. The summed E-state index contributed by atoms with van der Waals surface area (Å²) in [5.41, 5.74) is -1.04. The molecular formula is C24H22N2O10. The average Bonchev–Trinajstić information content (AvgIpc) is 2.84. The van der Waals surface area contributed by atoms with Gasteiger partial charge in [0, 0.05) is 12.4 Å². The zero-order valence-corrected chi connectivity index (χ0v) is 18.4. The monoisotopic (exact) mass is 498 g/mol. The fraction of sp³-hybridized carbons (Fsp3) is 0. The Hall–Kier alpha value is -5.52. The topological polar surface area (TPSA) is 221 Å². The smallest absolute Gasteiger partial charge is 0.339 e. The molecule has 2 aromatic heterocycles. The van der Waals surface area contributed by atoms with E-state index >= 15 is 0 Å². The summed E-state index contributed by atoms with van der Waals surface area (Å²) in [4.78, 5) is 45.7. The number of carbonyl (C=O) groups is 2. The SMILES string of the molecule is O=C(O)c1ccccc1O.O=C(O)c1ccccc1O.O=c1[nH]cccc1O.O=c1[nH]cccc1O. The van der Waals surface area contributed by atoms with Crippen LogP contribution in [0.3, 0.4) is 0 Å². The molecule has 188 valence electrons. The Labute approximate surface area is 202 Å². The summed E-state index contributed by atoms with van der Waals surface area (Å²) in [6, 6.07) is 17.4. The second-order valence-electron chi connectivity index (χ2n) is 6.41. The van der Waals surface area contributed by atoms with Crippen molar-refractivity contribution in [3.05, 3.63) is 117 Å². The second kappa shape index (κ2) is 14.6. The number of H-pyrrole nitrogens is 2. The highest BCUT2D eigenvalue weighted by atomic mass is 16.4. The minimum Gasteiger partial charge on any atom is -0.507 e. The molecule has 0 aliphatic rings. The van der Waals surface area contributed by atoms with Crippen LogP contribution in [0.15, 0.2) is 94.8 Å². The summed E-state index contributed by atoms with van der Waals surface area (Å²) in [5.74, 6) is -3.11. The molecule has 0 fully saturated rings. The number of hydrogen-bond donors (Lipinski definition) is 8. The van der Waals surface area contributed by atoms with Gasteiger partial charge in [-0.05, 0) is 48.5 Å². The number of rotatable bonds is 2. The van der Waals surface area contributed by atoms with E-state index in [2.05, 4.69) is 9.97 Å². The van der Waals surface area contributed by atoms with Gasteiger partial charge in [-0.25, -0.2) is 9.59 Å². The fourth-order valence-corrected chi connectivity index (χ4v) is 2.13. The van der Waals surface area contributed by atoms with Crippen LogP contribution in [-0.4, -0.2) is 52.5 Å². The van der Waals surface area contributed by atoms with Gasteiger partial charge in [0.1, 0.15) is 22.6 Å². The van der Waals surface area contributed by atoms with E-state index in [0.29, 0.717) is 0 Å². The molecule has 0 amide bonds. The van der Waals surface area contributed by atoms with Crippen molar-refractivity contribution in [3.8, 4) is 23.0 Å². The Morgan fingerprint density at radius 3 is 1.00 bits per heavy atom. The van der Waals surface area contributed by atoms with E-state index in [-0.39, 0.29) is 34.1 Å². The first-order chi connectivity index (χ1) is 17.0. The molecule has 0 unspecified atom stereocenters. The van der Waals surface area contributed by atoms with Gasteiger partial charge < -0.3 is 40.6 Å². The summed E-state index contributed by atoms with van der Waals surface area (Å²) in [5, 5.41) is 51.8.